The summed E-state index contributed by atoms with van der Waals surface area (Å²) in [6.07, 6.45) is -4.50. The van der Waals surface area contributed by atoms with Crippen molar-refractivity contribution >= 4 is 11.8 Å². The molecular formula is C7H11F3N2O3. The lowest BCUT2D eigenvalue weighted by molar-refractivity contribution is -0.192. The molecule has 0 unspecified atom stereocenters. The standard InChI is InChI=1S/C7H11F3N2O3/c1-5(13)12(2)3-6(14)11-15-4-7(8,9)10/h3-4H2,1-2H3,(H,11,14). The van der Waals surface area contributed by atoms with Gasteiger partial charge in [-0.15, -0.1) is 0 Å². The van der Waals surface area contributed by atoms with Crippen LogP contribution in [-0.4, -0.2) is 43.1 Å². The molecule has 0 saturated heterocycles. The zero-order valence-corrected chi connectivity index (χ0v) is 8.22. The molecule has 1 N–H and O–H groups in total. The lowest BCUT2D eigenvalue weighted by atomic mass is 10.5. The van der Waals surface area contributed by atoms with E-state index >= 15 is 0 Å². The second-order valence-electron chi connectivity index (χ2n) is 2.80. The highest BCUT2D eigenvalue weighted by Crippen LogP contribution is 2.13. The Morgan fingerprint density at radius 2 is 1.93 bits per heavy atom. The molecule has 0 atom stereocenters. The van der Waals surface area contributed by atoms with Gasteiger partial charge in [-0.05, 0) is 0 Å². The fourth-order valence-electron chi connectivity index (χ4n) is 0.557. The van der Waals surface area contributed by atoms with Gasteiger partial charge in [0, 0.05) is 14.0 Å². The maximum absolute atomic E-state index is 11.6. The maximum atomic E-state index is 11.6. The van der Waals surface area contributed by atoms with Crippen molar-refractivity contribution in [3.05, 3.63) is 0 Å². The summed E-state index contributed by atoms with van der Waals surface area (Å²) >= 11 is 0. The minimum atomic E-state index is -4.50. The Labute approximate surface area is 84.1 Å². The Bertz CT molecular complexity index is 242. The summed E-state index contributed by atoms with van der Waals surface area (Å²) in [5.41, 5.74) is 1.57. The molecule has 0 bridgehead atoms. The molecule has 0 fully saturated rings. The Balaban J connectivity index is 3.72. The fraction of sp³-hybridized carbons (Fsp3) is 0.714. The number of alkyl halides is 3. The molecule has 0 saturated carbocycles. The van der Waals surface area contributed by atoms with E-state index in [9.17, 15) is 22.8 Å². The monoisotopic (exact) mass is 228 g/mol. The number of halogens is 3. The van der Waals surface area contributed by atoms with Gasteiger partial charge < -0.3 is 4.90 Å². The summed E-state index contributed by atoms with van der Waals surface area (Å²) in [5, 5.41) is 0. The number of nitrogens with zero attached hydrogens (tertiary/aromatic N) is 1. The molecule has 0 aliphatic heterocycles. The Morgan fingerprint density at radius 3 is 2.33 bits per heavy atom. The predicted molar refractivity (Wildman–Crippen MR) is 43.5 cm³/mol. The third-order valence-electron chi connectivity index (χ3n) is 1.34. The van der Waals surface area contributed by atoms with Crippen LogP contribution in [0, 0.1) is 0 Å². The quantitative estimate of drug-likeness (QED) is 0.693. The zero-order chi connectivity index (χ0) is 12.1. The van der Waals surface area contributed by atoms with Gasteiger partial charge in [-0.25, -0.2) is 5.48 Å². The van der Waals surface area contributed by atoms with Gasteiger partial charge in [0.2, 0.25) is 5.91 Å². The largest absolute Gasteiger partial charge is 0.414 e. The van der Waals surface area contributed by atoms with E-state index in [0.29, 0.717) is 0 Å². The smallest absolute Gasteiger partial charge is 0.337 e. The van der Waals surface area contributed by atoms with Crippen LogP contribution in [0.15, 0.2) is 0 Å². The molecule has 0 aliphatic carbocycles. The normalized spacial score (nSPS) is 11.0. The molecular weight excluding hydrogens is 217 g/mol. The molecule has 88 valence electrons. The van der Waals surface area contributed by atoms with Crippen molar-refractivity contribution in [2.24, 2.45) is 0 Å². The summed E-state index contributed by atoms with van der Waals surface area (Å²) in [4.78, 5) is 26.4. The van der Waals surface area contributed by atoms with Crippen LogP contribution >= 0.6 is 0 Å². The van der Waals surface area contributed by atoms with Crippen molar-refractivity contribution < 1.29 is 27.6 Å². The van der Waals surface area contributed by atoms with Gasteiger partial charge in [-0.1, -0.05) is 0 Å². The van der Waals surface area contributed by atoms with Crippen LogP contribution in [0.5, 0.6) is 0 Å². The molecule has 0 aliphatic rings. The lowest BCUT2D eigenvalue weighted by Gasteiger charge is -2.14. The number of rotatable bonds is 4. The third-order valence-corrected chi connectivity index (χ3v) is 1.34. The highest BCUT2D eigenvalue weighted by atomic mass is 19.4. The summed E-state index contributed by atoms with van der Waals surface area (Å²) in [6, 6.07) is 0. The number of carbonyl (C=O) groups is 2. The predicted octanol–water partition coefficient (Wildman–Crippen LogP) is 0.0748. The molecule has 0 aromatic carbocycles. The summed E-state index contributed by atoms with van der Waals surface area (Å²) in [7, 11) is 1.34. The SMILES string of the molecule is CC(=O)N(C)CC(=O)NOCC(F)(F)F. The van der Waals surface area contributed by atoms with Crippen molar-refractivity contribution in [2.75, 3.05) is 20.2 Å². The van der Waals surface area contributed by atoms with E-state index in [-0.39, 0.29) is 12.5 Å². The van der Waals surface area contributed by atoms with Crippen LogP contribution in [0.25, 0.3) is 0 Å². The first-order valence-corrected chi connectivity index (χ1v) is 3.91. The maximum Gasteiger partial charge on any atom is 0.414 e. The number of likely N-dealkylation sites (N-methyl/N-ethyl adjacent to an activating group) is 1. The zero-order valence-electron chi connectivity index (χ0n) is 8.22. The van der Waals surface area contributed by atoms with Crippen LogP contribution in [0.2, 0.25) is 0 Å². The molecule has 0 spiro atoms. The average Bonchev–Trinajstić information content (AvgIpc) is 2.01. The summed E-state index contributed by atoms with van der Waals surface area (Å²) in [6.45, 7) is -0.695. The molecule has 0 radical (unpaired) electrons. The minimum absolute atomic E-state index is 0.354. The lowest BCUT2D eigenvalue weighted by Crippen LogP contribution is -2.38. The van der Waals surface area contributed by atoms with E-state index in [1.807, 2.05) is 0 Å². The van der Waals surface area contributed by atoms with Crippen LogP contribution in [0.1, 0.15) is 6.92 Å². The van der Waals surface area contributed by atoms with Crippen molar-refractivity contribution in [1.29, 1.82) is 0 Å². The second kappa shape index (κ2) is 5.54. The molecule has 5 nitrogen and oxygen atoms in total. The van der Waals surface area contributed by atoms with Gasteiger partial charge in [0.05, 0.1) is 0 Å². The minimum Gasteiger partial charge on any atom is -0.337 e. The van der Waals surface area contributed by atoms with Crippen molar-refractivity contribution in [3.8, 4) is 0 Å². The number of carbonyl (C=O) groups excluding carboxylic acids is 2. The first-order valence-electron chi connectivity index (χ1n) is 3.91. The third kappa shape index (κ3) is 7.74. The van der Waals surface area contributed by atoms with Crippen molar-refractivity contribution in [2.45, 2.75) is 13.1 Å². The molecule has 0 rings (SSSR count). The number of hydrogen-bond acceptors (Lipinski definition) is 3. The fourth-order valence-corrected chi connectivity index (χ4v) is 0.557. The van der Waals surface area contributed by atoms with Gasteiger partial charge in [0.25, 0.3) is 5.91 Å². The van der Waals surface area contributed by atoms with E-state index in [0.717, 1.165) is 4.90 Å². The first kappa shape index (κ1) is 13.7. The highest BCUT2D eigenvalue weighted by Gasteiger charge is 2.28. The summed E-state index contributed by atoms with van der Waals surface area (Å²) in [5.74, 6) is -1.20. The first-order chi connectivity index (χ1) is 6.72. The van der Waals surface area contributed by atoms with E-state index in [1.165, 1.54) is 14.0 Å². The van der Waals surface area contributed by atoms with Crippen molar-refractivity contribution in [1.82, 2.24) is 10.4 Å². The van der Waals surface area contributed by atoms with Gasteiger partial charge in [-0.3, -0.25) is 14.4 Å². The van der Waals surface area contributed by atoms with Gasteiger partial charge in [-0.2, -0.15) is 13.2 Å². The number of hydrogen-bond donors (Lipinski definition) is 1. The molecule has 0 aromatic rings. The topological polar surface area (TPSA) is 58.6 Å². The molecule has 8 heteroatoms. The molecule has 0 heterocycles. The van der Waals surface area contributed by atoms with Crippen molar-refractivity contribution in [3.63, 3.8) is 0 Å². The Hall–Kier alpha value is -1.31. The van der Waals surface area contributed by atoms with E-state index in [1.54, 1.807) is 5.48 Å². The van der Waals surface area contributed by atoms with E-state index < -0.39 is 18.7 Å². The van der Waals surface area contributed by atoms with Gasteiger partial charge >= 0.3 is 6.18 Å². The summed E-state index contributed by atoms with van der Waals surface area (Å²) < 4.78 is 34.7. The van der Waals surface area contributed by atoms with Crippen LogP contribution in [-0.2, 0) is 14.4 Å². The molecule has 15 heavy (non-hydrogen) atoms. The molecule has 2 amide bonds. The Kier molecular flexibility index (Phi) is 5.06. The average molecular weight is 228 g/mol. The van der Waals surface area contributed by atoms with E-state index in [4.69, 9.17) is 0 Å². The number of amides is 2. The van der Waals surface area contributed by atoms with Crippen LogP contribution in [0.4, 0.5) is 13.2 Å². The van der Waals surface area contributed by atoms with E-state index in [2.05, 4.69) is 4.84 Å². The number of nitrogens with one attached hydrogen (secondary N) is 1. The second-order valence-corrected chi connectivity index (χ2v) is 2.80. The highest BCUT2D eigenvalue weighted by molar-refractivity contribution is 5.82. The number of hydroxylamine groups is 1. The van der Waals surface area contributed by atoms with Gasteiger partial charge in [0.15, 0.2) is 6.61 Å². The van der Waals surface area contributed by atoms with Crippen LogP contribution < -0.4 is 5.48 Å². The van der Waals surface area contributed by atoms with Gasteiger partial charge in [0.1, 0.15) is 6.54 Å². The van der Waals surface area contributed by atoms with Crippen LogP contribution in [0.3, 0.4) is 0 Å². The Morgan fingerprint density at radius 1 is 1.40 bits per heavy atom. The molecule has 0 aromatic heterocycles.